The fraction of sp³-hybridized carbons (Fsp3) is 0.600. The average molecular weight is 297 g/mol. The Morgan fingerprint density at radius 3 is 2.35 bits per heavy atom. The Labute approximate surface area is 124 Å². The van der Waals surface area contributed by atoms with E-state index in [0.717, 1.165) is 12.0 Å². The standard InChI is InChI=1S/C15H23NO3S/c1-6-11-10(2)9-12(20-11)14(19)16(15(3,4)5)8-7-13(17)18/h9H,6-8H2,1-5H3,(H,17,18). The number of aliphatic carboxylic acids is 1. The Kier molecular flexibility index (Phi) is 5.34. The third kappa shape index (κ3) is 4.07. The Bertz CT molecular complexity index is 500. The van der Waals surface area contributed by atoms with Crippen molar-refractivity contribution in [3.8, 4) is 0 Å². The van der Waals surface area contributed by atoms with Crippen LogP contribution in [0.5, 0.6) is 0 Å². The zero-order chi connectivity index (χ0) is 15.5. The summed E-state index contributed by atoms with van der Waals surface area (Å²) in [5.74, 6) is -0.963. The fourth-order valence-corrected chi connectivity index (χ4v) is 3.12. The van der Waals surface area contributed by atoms with E-state index in [0.29, 0.717) is 4.88 Å². The molecule has 112 valence electrons. The summed E-state index contributed by atoms with van der Waals surface area (Å²) < 4.78 is 0. The molecule has 4 nitrogen and oxygen atoms in total. The van der Waals surface area contributed by atoms with E-state index in [1.165, 1.54) is 16.2 Å². The Morgan fingerprint density at radius 2 is 1.95 bits per heavy atom. The summed E-state index contributed by atoms with van der Waals surface area (Å²) in [7, 11) is 0. The van der Waals surface area contributed by atoms with E-state index in [2.05, 4.69) is 6.92 Å². The van der Waals surface area contributed by atoms with Crippen LogP contribution in [-0.4, -0.2) is 34.0 Å². The van der Waals surface area contributed by atoms with Crippen LogP contribution in [-0.2, 0) is 11.2 Å². The molecule has 0 unspecified atom stereocenters. The average Bonchev–Trinajstić information content (AvgIpc) is 2.68. The first-order valence-electron chi connectivity index (χ1n) is 6.80. The zero-order valence-electron chi connectivity index (χ0n) is 12.8. The van der Waals surface area contributed by atoms with Crippen molar-refractivity contribution in [3.63, 3.8) is 0 Å². The second-order valence-electron chi connectivity index (χ2n) is 5.84. The van der Waals surface area contributed by atoms with Crippen LogP contribution in [0.3, 0.4) is 0 Å². The highest BCUT2D eigenvalue weighted by molar-refractivity contribution is 7.14. The van der Waals surface area contributed by atoms with Crippen molar-refractivity contribution in [2.45, 2.75) is 53.0 Å². The van der Waals surface area contributed by atoms with Gasteiger partial charge in [-0.25, -0.2) is 0 Å². The minimum absolute atomic E-state index is 0.0337. The summed E-state index contributed by atoms with van der Waals surface area (Å²) in [6, 6.07) is 1.91. The summed E-state index contributed by atoms with van der Waals surface area (Å²) >= 11 is 1.51. The molecule has 5 heteroatoms. The van der Waals surface area contributed by atoms with Crippen LogP contribution in [0.25, 0.3) is 0 Å². The molecule has 0 atom stereocenters. The molecule has 20 heavy (non-hydrogen) atoms. The van der Waals surface area contributed by atoms with Gasteiger partial charge in [0, 0.05) is 17.0 Å². The molecule has 1 aromatic rings. The van der Waals surface area contributed by atoms with Crippen molar-refractivity contribution < 1.29 is 14.7 Å². The number of amides is 1. The first kappa shape index (κ1) is 16.7. The highest BCUT2D eigenvalue weighted by Crippen LogP contribution is 2.26. The van der Waals surface area contributed by atoms with Gasteiger partial charge in [-0.05, 0) is 45.7 Å². The summed E-state index contributed by atoms with van der Waals surface area (Å²) in [5.41, 5.74) is 0.740. The lowest BCUT2D eigenvalue weighted by molar-refractivity contribution is -0.137. The predicted octanol–water partition coefficient (Wildman–Crippen LogP) is 3.33. The van der Waals surface area contributed by atoms with Gasteiger partial charge in [-0.1, -0.05) is 6.92 Å². The molecule has 1 heterocycles. The lowest BCUT2D eigenvalue weighted by Gasteiger charge is -2.35. The quantitative estimate of drug-likeness (QED) is 0.907. The van der Waals surface area contributed by atoms with E-state index in [1.54, 1.807) is 4.90 Å². The van der Waals surface area contributed by atoms with Gasteiger partial charge in [-0.15, -0.1) is 11.3 Å². The molecule has 1 rings (SSSR count). The van der Waals surface area contributed by atoms with E-state index in [1.807, 2.05) is 33.8 Å². The molecule has 1 aromatic heterocycles. The molecule has 0 bridgehead atoms. The number of carbonyl (C=O) groups excluding carboxylic acids is 1. The highest BCUT2D eigenvalue weighted by atomic mass is 32.1. The number of nitrogens with zero attached hydrogens (tertiary/aromatic N) is 1. The van der Waals surface area contributed by atoms with Crippen LogP contribution in [0.4, 0.5) is 0 Å². The number of rotatable bonds is 5. The molecule has 0 saturated heterocycles. The van der Waals surface area contributed by atoms with Gasteiger partial charge in [0.2, 0.25) is 0 Å². The largest absolute Gasteiger partial charge is 0.481 e. The third-order valence-corrected chi connectivity index (χ3v) is 4.53. The lowest BCUT2D eigenvalue weighted by atomic mass is 10.0. The molecule has 0 saturated carbocycles. The number of aryl methyl sites for hydroxylation is 2. The van der Waals surface area contributed by atoms with Crippen LogP contribution < -0.4 is 0 Å². The van der Waals surface area contributed by atoms with Gasteiger partial charge >= 0.3 is 5.97 Å². The van der Waals surface area contributed by atoms with Crippen LogP contribution in [0.2, 0.25) is 0 Å². The van der Waals surface area contributed by atoms with Gasteiger partial charge in [0.15, 0.2) is 0 Å². The van der Waals surface area contributed by atoms with Crippen LogP contribution >= 0.6 is 11.3 Å². The van der Waals surface area contributed by atoms with Gasteiger partial charge in [0.05, 0.1) is 11.3 Å². The first-order valence-corrected chi connectivity index (χ1v) is 7.61. The molecule has 0 fully saturated rings. The van der Waals surface area contributed by atoms with E-state index in [9.17, 15) is 9.59 Å². The van der Waals surface area contributed by atoms with Crippen molar-refractivity contribution in [2.24, 2.45) is 0 Å². The number of carbonyl (C=O) groups is 2. The van der Waals surface area contributed by atoms with E-state index < -0.39 is 11.5 Å². The monoisotopic (exact) mass is 297 g/mol. The predicted molar refractivity (Wildman–Crippen MR) is 81.5 cm³/mol. The minimum atomic E-state index is -0.886. The number of carboxylic acid groups (broad SMARTS) is 1. The lowest BCUT2D eigenvalue weighted by Crippen LogP contribution is -2.46. The molecule has 0 aliphatic rings. The summed E-state index contributed by atoms with van der Waals surface area (Å²) in [4.78, 5) is 26.9. The SMILES string of the molecule is CCc1sc(C(=O)N(CCC(=O)O)C(C)(C)C)cc1C. The maximum Gasteiger partial charge on any atom is 0.305 e. The van der Waals surface area contributed by atoms with Gasteiger partial charge < -0.3 is 10.0 Å². The van der Waals surface area contributed by atoms with Crippen molar-refractivity contribution in [1.82, 2.24) is 4.90 Å². The number of hydrogen-bond acceptors (Lipinski definition) is 3. The Morgan fingerprint density at radius 1 is 1.35 bits per heavy atom. The smallest absolute Gasteiger partial charge is 0.305 e. The molecular weight excluding hydrogens is 274 g/mol. The van der Waals surface area contributed by atoms with Crippen molar-refractivity contribution in [2.75, 3.05) is 6.54 Å². The summed E-state index contributed by atoms with van der Waals surface area (Å²) in [6.07, 6.45) is 0.877. The van der Waals surface area contributed by atoms with Crippen molar-refractivity contribution >= 4 is 23.2 Å². The molecule has 0 aliphatic carbocycles. The van der Waals surface area contributed by atoms with Gasteiger partial charge in [0.1, 0.15) is 0 Å². The van der Waals surface area contributed by atoms with Crippen LogP contribution in [0.1, 0.15) is 54.2 Å². The fourth-order valence-electron chi connectivity index (χ4n) is 2.06. The second kappa shape index (κ2) is 6.39. The summed E-state index contributed by atoms with van der Waals surface area (Å²) in [6.45, 7) is 10.1. The molecule has 1 amide bonds. The second-order valence-corrected chi connectivity index (χ2v) is 6.98. The molecular formula is C15H23NO3S. The van der Waals surface area contributed by atoms with Gasteiger partial charge in [-0.3, -0.25) is 9.59 Å². The number of carboxylic acids is 1. The Balaban J connectivity index is 3.00. The van der Waals surface area contributed by atoms with E-state index in [-0.39, 0.29) is 18.9 Å². The normalized spacial score (nSPS) is 11.4. The molecule has 1 N–H and O–H groups in total. The minimum Gasteiger partial charge on any atom is -0.481 e. The van der Waals surface area contributed by atoms with E-state index >= 15 is 0 Å². The Hall–Kier alpha value is -1.36. The number of thiophene rings is 1. The number of hydrogen-bond donors (Lipinski definition) is 1. The van der Waals surface area contributed by atoms with Crippen molar-refractivity contribution in [3.05, 3.63) is 21.4 Å². The topological polar surface area (TPSA) is 57.6 Å². The van der Waals surface area contributed by atoms with Crippen LogP contribution in [0, 0.1) is 6.92 Å². The van der Waals surface area contributed by atoms with E-state index in [4.69, 9.17) is 5.11 Å². The maximum atomic E-state index is 12.6. The molecule has 0 aliphatic heterocycles. The maximum absolute atomic E-state index is 12.6. The van der Waals surface area contributed by atoms with Gasteiger partial charge in [-0.2, -0.15) is 0 Å². The van der Waals surface area contributed by atoms with Gasteiger partial charge in [0.25, 0.3) is 5.91 Å². The summed E-state index contributed by atoms with van der Waals surface area (Å²) in [5, 5.41) is 8.83. The molecule has 0 radical (unpaired) electrons. The third-order valence-electron chi connectivity index (χ3n) is 3.16. The highest BCUT2D eigenvalue weighted by Gasteiger charge is 2.28. The van der Waals surface area contributed by atoms with Crippen LogP contribution in [0.15, 0.2) is 6.07 Å². The molecule has 0 spiro atoms. The molecule has 0 aromatic carbocycles. The zero-order valence-corrected chi connectivity index (χ0v) is 13.6. The first-order chi connectivity index (χ1) is 9.16. The van der Waals surface area contributed by atoms with Crippen molar-refractivity contribution in [1.29, 1.82) is 0 Å².